The summed E-state index contributed by atoms with van der Waals surface area (Å²) in [5.74, 6) is 3.18. The summed E-state index contributed by atoms with van der Waals surface area (Å²) in [6, 6.07) is 103. The van der Waals surface area contributed by atoms with Crippen LogP contribution >= 0.6 is 34.0 Å². The zero-order valence-electron chi connectivity index (χ0n) is 59.9. The lowest BCUT2D eigenvalue weighted by atomic mass is 9.94. The molecular weight excluding hydrogens is 1400 g/mol. The number of hydrogen-bond acceptors (Lipinski definition) is 9. The van der Waals surface area contributed by atoms with Crippen molar-refractivity contribution in [2.45, 2.75) is 0 Å². The molecule has 0 aliphatic carbocycles. The van der Waals surface area contributed by atoms with E-state index in [2.05, 4.69) is 335 Å². The Labute approximate surface area is 643 Å². The average molecular weight is 1470 g/mol. The summed E-state index contributed by atoms with van der Waals surface area (Å²) >= 11 is 5.36. The van der Waals surface area contributed by atoms with Crippen molar-refractivity contribution in [3.63, 3.8) is 0 Å². The molecule has 0 N–H and O–H groups in total. The average Bonchev–Trinajstić information content (AvgIpc) is 1.58. The molecule has 23 rings (SSSR count). The molecule has 0 saturated carbocycles. The number of ether oxygens (including phenoxy) is 4. The number of benzene rings is 14. The normalized spacial score (nSPS) is 13.1. The van der Waals surface area contributed by atoms with Crippen LogP contribution in [0.15, 0.2) is 279 Å². The van der Waals surface area contributed by atoms with Gasteiger partial charge in [0.1, 0.15) is 26.4 Å². The monoisotopic (exact) mass is 1470 g/mol. The second-order valence-corrected chi connectivity index (χ2v) is 32.0. The Balaban J connectivity index is 0.00000215. The molecule has 2 aliphatic heterocycles. The predicted octanol–water partition coefficient (Wildman–Crippen LogP) is 27.2. The summed E-state index contributed by atoms with van der Waals surface area (Å²) in [6.45, 7) is 1.86. The van der Waals surface area contributed by atoms with Crippen molar-refractivity contribution < 1.29 is 24.7 Å². The highest BCUT2D eigenvalue weighted by atomic mass is 32.1. The third-order valence-corrected chi connectivity index (χ3v) is 26.7. The van der Waals surface area contributed by atoms with Gasteiger partial charge in [-0.15, -0.1) is 34.0 Å². The first-order valence-corrected chi connectivity index (χ1v) is 39.5. The lowest BCUT2D eigenvalue weighted by Crippen LogP contribution is -2.14. The molecule has 9 heterocycles. The number of fused-ring (bicyclic) bond motifs is 21. The fourth-order valence-corrected chi connectivity index (χ4v) is 21.8. The Morgan fingerprint density at radius 2 is 0.505 bits per heavy atom. The fraction of sp³-hybridized carbons (Fsp3) is 0.0833. The predicted molar refractivity (Wildman–Crippen MR) is 468 cm³/mol. The van der Waals surface area contributed by atoms with E-state index in [0.717, 1.165) is 98.9 Å². The van der Waals surface area contributed by atoms with Crippen LogP contribution in [-0.4, -0.2) is 44.7 Å². The smallest absolute Gasteiger partial charge is 0.180 e. The van der Waals surface area contributed by atoms with E-state index < -0.39 is 0 Å². The molecule has 13 heteroatoms. The van der Waals surface area contributed by atoms with Gasteiger partial charge >= 0.3 is 0 Å². The first kappa shape index (κ1) is 62.4. The number of para-hydroxylation sites is 4. The zero-order valence-corrected chi connectivity index (χ0v) is 62.4. The molecule has 0 fully saturated rings. The Morgan fingerprint density at radius 3 is 0.817 bits per heavy atom. The number of aromatic nitrogens is 4. The number of hydrogen-bond donors (Lipinski definition) is 0. The van der Waals surface area contributed by atoms with E-state index in [-0.39, 0.29) is 5.71 Å². The number of nitrogens with zero attached hydrogens (tertiary/aromatic N) is 6. The standard InChI is InChI=1S/C96H66N6O4S3.4H2/c1-97-77-25-13-9-19-65(77)71-49-59(37-41-81(71)97)101(60-38-42-82-72(50-60)66-20-10-14-26-78(66)98(82)2)57-33-29-55(30-34-57)93-89-91(105-47-45-103-89)95(108-93)75-53-85-87(69-23-7-5-17-63(69)75)88-70-24-8-6-18-64(70)76(54-86(88)107-85)96-92-90(104-46-48-106-92)94(109-96)56-31-35-58(36-32-56)102(61-39-43-83-73(51-61)67-21-11-15-27-79(67)99(83)3)62-40-44-84-74(52-62)68-22-12-16-28-80(68)100(84)4;;;;/h5-44,49-54H,45-48H2,1-4H3;4*1H. The van der Waals surface area contributed by atoms with Crippen molar-refractivity contribution in [3.05, 3.63) is 279 Å². The zero-order chi connectivity index (χ0) is 72.0. The van der Waals surface area contributed by atoms with Gasteiger partial charge in [-0.25, -0.2) is 0 Å². The molecular formula is C96H74N6O4S3. The Morgan fingerprint density at radius 1 is 0.248 bits per heavy atom. The van der Waals surface area contributed by atoms with Gasteiger partial charge in [0, 0.05) is 187 Å². The molecule has 10 nitrogen and oxygen atoms in total. The highest BCUT2D eigenvalue weighted by molar-refractivity contribution is 7.26. The van der Waals surface area contributed by atoms with Crippen LogP contribution in [0, 0.1) is 0 Å². The number of thiophene rings is 3. The van der Waals surface area contributed by atoms with Crippen LogP contribution in [0.2, 0.25) is 0 Å². The van der Waals surface area contributed by atoms with E-state index in [0.29, 0.717) is 26.4 Å². The Kier molecular flexibility index (Phi) is 13.7. The molecule has 109 heavy (non-hydrogen) atoms. The summed E-state index contributed by atoms with van der Waals surface area (Å²) in [6.07, 6.45) is 0. The molecule has 0 saturated heterocycles. The highest BCUT2D eigenvalue weighted by Crippen LogP contribution is 2.60. The van der Waals surface area contributed by atoms with Gasteiger partial charge in [-0.2, -0.15) is 0 Å². The third-order valence-electron chi connectivity index (χ3n) is 23.2. The first-order chi connectivity index (χ1) is 53.7. The minimum atomic E-state index is 0. The Hall–Kier alpha value is -12.8. The summed E-state index contributed by atoms with van der Waals surface area (Å²) in [5, 5.41) is 17.0. The molecule has 530 valence electrons. The number of rotatable bonds is 10. The fourth-order valence-electron chi connectivity index (χ4n) is 18.1. The van der Waals surface area contributed by atoms with Crippen molar-refractivity contribution in [3.8, 4) is 64.8 Å². The van der Waals surface area contributed by atoms with Gasteiger partial charge in [-0.1, -0.05) is 146 Å². The van der Waals surface area contributed by atoms with Crippen molar-refractivity contribution in [2.24, 2.45) is 28.2 Å². The maximum Gasteiger partial charge on any atom is 0.180 e. The van der Waals surface area contributed by atoms with E-state index in [1.165, 1.54) is 129 Å². The van der Waals surface area contributed by atoms with E-state index in [9.17, 15) is 0 Å². The van der Waals surface area contributed by atoms with Crippen LogP contribution in [0.1, 0.15) is 5.71 Å². The third kappa shape index (κ3) is 9.24. The molecule has 0 amide bonds. The van der Waals surface area contributed by atoms with Gasteiger partial charge < -0.3 is 47.0 Å². The maximum atomic E-state index is 6.80. The van der Waals surface area contributed by atoms with Crippen LogP contribution in [0.3, 0.4) is 0 Å². The second-order valence-electron chi connectivity index (χ2n) is 28.9. The van der Waals surface area contributed by atoms with Crippen LogP contribution in [0.5, 0.6) is 23.0 Å². The quantitative estimate of drug-likeness (QED) is 0.136. The van der Waals surface area contributed by atoms with Crippen LogP contribution in [0.4, 0.5) is 34.1 Å². The van der Waals surface area contributed by atoms with E-state index in [4.69, 9.17) is 18.9 Å². The van der Waals surface area contributed by atoms with Gasteiger partial charge in [-0.3, -0.25) is 0 Å². The summed E-state index contributed by atoms with van der Waals surface area (Å²) in [5.41, 5.74) is 20.4. The lowest BCUT2D eigenvalue weighted by molar-refractivity contribution is 0.175. The minimum absolute atomic E-state index is 0. The molecule has 0 bridgehead atoms. The van der Waals surface area contributed by atoms with Crippen LogP contribution in [0.25, 0.3) is 171 Å². The van der Waals surface area contributed by atoms with Gasteiger partial charge in [-0.05, 0) is 166 Å². The number of anilines is 6. The van der Waals surface area contributed by atoms with Gasteiger partial charge in [0.2, 0.25) is 0 Å². The summed E-state index contributed by atoms with van der Waals surface area (Å²) in [7, 11) is 8.65. The summed E-state index contributed by atoms with van der Waals surface area (Å²) < 4.78 is 38.7. The van der Waals surface area contributed by atoms with Crippen LogP contribution < -0.4 is 28.7 Å². The molecule has 2 aliphatic rings. The maximum absolute atomic E-state index is 6.80. The second kappa shape index (κ2) is 23.9. The summed E-state index contributed by atoms with van der Waals surface area (Å²) in [4.78, 5) is 9.02. The van der Waals surface area contributed by atoms with E-state index in [1.54, 1.807) is 22.7 Å². The molecule has 0 spiro atoms. The SMILES string of the molecule is Cn1c2ccccc2c2cc(N(c3ccc(-c4sc(-c5cc6sc7cc(-c8sc(-c9ccc(N(c%10ccc%11c(c%10)c%10ccccc%10n%11C)c%10ccc%11c(c%10)c%10ccccc%10n%11C)cc9)c9c8OCCO9)c8ccccc8c7c6c6ccccc56)c5c4OCCO5)cc3)c3ccc4c(c3)c3ccccc3n4C)ccc21.[HH].[HH].[HH].[HH]. The lowest BCUT2D eigenvalue weighted by Gasteiger charge is -2.26. The highest BCUT2D eigenvalue weighted by Gasteiger charge is 2.32. The van der Waals surface area contributed by atoms with Crippen molar-refractivity contribution >= 4 is 197 Å². The largest absolute Gasteiger partial charge is 0.485 e. The first-order valence-electron chi connectivity index (χ1n) is 37.1. The molecule has 21 aromatic rings. The molecule has 14 aromatic carbocycles. The molecule has 0 atom stereocenters. The van der Waals surface area contributed by atoms with Crippen molar-refractivity contribution in [1.29, 1.82) is 0 Å². The van der Waals surface area contributed by atoms with Gasteiger partial charge in [0.05, 0.1) is 19.5 Å². The van der Waals surface area contributed by atoms with Crippen molar-refractivity contribution in [1.82, 2.24) is 18.3 Å². The molecule has 0 radical (unpaired) electrons. The Bertz CT molecular complexity index is 6800. The topological polar surface area (TPSA) is 63.1 Å². The van der Waals surface area contributed by atoms with Gasteiger partial charge in [0.25, 0.3) is 0 Å². The molecule has 7 aromatic heterocycles. The van der Waals surface area contributed by atoms with Crippen LogP contribution in [-0.2, 0) is 28.2 Å². The van der Waals surface area contributed by atoms with E-state index in [1.807, 2.05) is 11.3 Å². The molecule has 0 unspecified atom stereocenters. The van der Waals surface area contributed by atoms with Gasteiger partial charge in [0.15, 0.2) is 23.0 Å². The number of aryl methyl sites for hydroxylation is 4. The minimum Gasteiger partial charge on any atom is -0.485 e. The van der Waals surface area contributed by atoms with E-state index >= 15 is 0 Å². The van der Waals surface area contributed by atoms with Crippen molar-refractivity contribution in [2.75, 3.05) is 36.2 Å².